The second-order valence-electron chi connectivity index (χ2n) is 6.46. The van der Waals surface area contributed by atoms with E-state index in [-0.39, 0.29) is 11.6 Å². The maximum absolute atomic E-state index is 6.77. The molecule has 1 aromatic heterocycles. The molecular weight excluding hydrogens is 248 g/mol. The lowest BCUT2D eigenvalue weighted by atomic mass is 9.86. The maximum atomic E-state index is 6.77. The molecule has 1 unspecified atom stereocenters. The van der Waals surface area contributed by atoms with Crippen LogP contribution >= 0.6 is 0 Å². The van der Waals surface area contributed by atoms with Crippen molar-refractivity contribution in [3.8, 4) is 0 Å². The van der Waals surface area contributed by atoms with Crippen LogP contribution < -0.4 is 5.73 Å². The third-order valence-electron chi connectivity index (χ3n) is 5.27. The molecule has 2 N–H and O–H groups in total. The molecule has 0 radical (unpaired) electrons. The van der Waals surface area contributed by atoms with E-state index in [0.29, 0.717) is 0 Å². The first-order valence-corrected chi connectivity index (χ1v) is 8.29. The quantitative estimate of drug-likeness (QED) is 0.899. The molecule has 4 heteroatoms. The van der Waals surface area contributed by atoms with Crippen molar-refractivity contribution in [1.29, 1.82) is 0 Å². The molecule has 112 valence electrons. The van der Waals surface area contributed by atoms with Crippen molar-refractivity contribution >= 4 is 0 Å². The molecule has 2 aliphatic rings. The Kier molecular flexibility index (Phi) is 4.13. The topological polar surface area (TPSA) is 47.1 Å². The van der Waals surface area contributed by atoms with Gasteiger partial charge in [0.25, 0.3) is 0 Å². The lowest BCUT2D eigenvalue weighted by Gasteiger charge is -2.43. The number of hydrogen-bond acceptors (Lipinski definition) is 3. The van der Waals surface area contributed by atoms with Gasteiger partial charge in [-0.05, 0) is 45.2 Å². The highest BCUT2D eigenvalue weighted by atomic mass is 15.2. The minimum Gasteiger partial charge on any atom is -0.334 e. The minimum absolute atomic E-state index is 0.0599. The van der Waals surface area contributed by atoms with Crippen molar-refractivity contribution in [3.63, 3.8) is 0 Å². The van der Waals surface area contributed by atoms with Gasteiger partial charge in [-0.2, -0.15) is 0 Å². The lowest BCUT2D eigenvalue weighted by molar-refractivity contribution is 0.0875. The van der Waals surface area contributed by atoms with E-state index in [9.17, 15) is 0 Å². The van der Waals surface area contributed by atoms with E-state index in [1.807, 2.05) is 6.20 Å². The highest BCUT2D eigenvalue weighted by molar-refractivity contribution is 5.13. The van der Waals surface area contributed by atoms with E-state index < -0.39 is 0 Å². The van der Waals surface area contributed by atoms with Crippen molar-refractivity contribution in [2.24, 2.45) is 5.73 Å². The van der Waals surface area contributed by atoms with Crippen molar-refractivity contribution in [2.45, 2.75) is 70.0 Å². The average Bonchev–Trinajstić information content (AvgIpc) is 3.20. The maximum Gasteiger partial charge on any atom is 0.127 e. The van der Waals surface area contributed by atoms with Crippen LogP contribution in [0.1, 0.15) is 63.7 Å². The van der Waals surface area contributed by atoms with Gasteiger partial charge in [-0.1, -0.05) is 19.8 Å². The molecule has 1 saturated carbocycles. The summed E-state index contributed by atoms with van der Waals surface area (Å²) >= 11 is 0. The van der Waals surface area contributed by atoms with Gasteiger partial charge in [-0.25, -0.2) is 4.98 Å². The van der Waals surface area contributed by atoms with Gasteiger partial charge in [0.1, 0.15) is 5.82 Å². The molecule has 20 heavy (non-hydrogen) atoms. The molecule has 1 aromatic rings. The summed E-state index contributed by atoms with van der Waals surface area (Å²) in [5.74, 6) is 1.10. The third-order valence-corrected chi connectivity index (χ3v) is 5.27. The fourth-order valence-electron chi connectivity index (χ4n) is 4.24. The molecule has 0 amide bonds. The lowest BCUT2D eigenvalue weighted by Crippen LogP contribution is -2.53. The Balaban J connectivity index is 1.88. The number of rotatable bonds is 5. The largest absolute Gasteiger partial charge is 0.334 e. The smallest absolute Gasteiger partial charge is 0.127 e. The van der Waals surface area contributed by atoms with Crippen LogP contribution in [-0.4, -0.2) is 33.1 Å². The van der Waals surface area contributed by atoms with E-state index in [1.165, 1.54) is 51.6 Å². The molecule has 0 bridgehead atoms. The molecule has 3 rings (SSSR count). The number of aromatic nitrogens is 2. The number of nitrogens with two attached hydrogens (primary N) is 1. The van der Waals surface area contributed by atoms with Crippen LogP contribution in [0.15, 0.2) is 12.4 Å². The molecule has 0 spiro atoms. The first-order valence-electron chi connectivity index (χ1n) is 8.29. The molecular formula is C16H28N4. The SMILES string of the molecule is CCCn1ccnc1C(N)C1(N2CCCC2)CCCC1. The minimum atomic E-state index is 0.0599. The van der Waals surface area contributed by atoms with E-state index in [0.717, 1.165) is 18.8 Å². The Morgan fingerprint density at radius 2 is 1.95 bits per heavy atom. The van der Waals surface area contributed by atoms with E-state index in [2.05, 4.69) is 27.6 Å². The zero-order valence-corrected chi connectivity index (χ0v) is 12.7. The summed E-state index contributed by atoms with van der Waals surface area (Å²) in [7, 11) is 0. The van der Waals surface area contributed by atoms with Gasteiger partial charge in [0, 0.05) is 24.5 Å². The monoisotopic (exact) mass is 276 g/mol. The van der Waals surface area contributed by atoms with Crippen LogP contribution in [0.2, 0.25) is 0 Å². The van der Waals surface area contributed by atoms with Crippen LogP contribution in [0.4, 0.5) is 0 Å². The zero-order valence-electron chi connectivity index (χ0n) is 12.7. The predicted octanol–water partition coefficient (Wildman–Crippen LogP) is 2.70. The zero-order chi connectivity index (χ0) is 14.0. The molecule has 1 aliphatic heterocycles. The van der Waals surface area contributed by atoms with Gasteiger partial charge in [0.05, 0.1) is 6.04 Å². The van der Waals surface area contributed by atoms with Gasteiger partial charge in [0.15, 0.2) is 0 Å². The van der Waals surface area contributed by atoms with Crippen LogP contribution in [0.25, 0.3) is 0 Å². The van der Waals surface area contributed by atoms with Gasteiger partial charge in [-0.15, -0.1) is 0 Å². The molecule has 1 aliphatic carbocycles. The Labute approximate surface area is 122 Å². The third kappa shape index (κ3) is 2.29. The summed E-state index contributed by atoms with van der Waals surface area (Å²) in [4.78, 5) is 7.28. The highest BCUT2D eigenvalue weighted by Gasteiger charge is 2.47. The van der Waals surface area contributed by atoms with Crippen molar-refractivity contribution in [2.75, 3.05) is 13.1 Å². The molecule has 2 fully saturated rings. The summed E-state index contributed by atoms with van der Waals surface area (Å²) in [6, 6.07) is 0.0599. The predicted molar refractivity (Wildman–Crippen MR) is 81.5 cm³/mol. The normalized spacial score (nSPS) is 24.3. The average molecular weight is 276 g/mol. The Morgan fingerprint density at radius 1 is 1.25 bits per heavy atom. The summed E-state index contributed by atoms with van der Waals surface area (Å²) in [6.45, 7) is 5.69. The van der Waals surface area contributed by atoms with Crippen LogP contribution in [0.3, 0.4) is 0 Å². The molecule has 4 nitrogen and oxygen atoms in total. The van der Waals surface area contributed by atoms with Crippen LogP contribution in [0, 0.1) is 0 Å². The number of nitrogens with zero attached hydrogens (tertiary/aromatic N) is 3. The number of likely N-dealkylation sites (tertiary alicyclic amines) is 1. The van der Waals surface area contributed by atoms with Gasteiger partial charge < -0.3 is 10.3 Å². The van der Waals surface area contributed by atoms with Crippen LogP contribution in [-0.2, 0) is 6.54 Å². The number of hydrogen-bond donors (Lipinski definition) is 1. The van der Waals surface area contributed by atoms with Crippen molar-refractivity contribution < 1.29 is 0 Å². The first-order chi connectivity index (χ1) is 9.78. The summed E-state index contributed by atoms with van der Waals surface area (Å²) in [5.41, 5.74) is 6.94. The van der Waals surface area contributed by atoms with Gasteiger partial charge >= 0.3 is 0 Å². The summed E-state index contributed by atoms with van der Waals surface area (Å²) in [6.07, 6.45) is 12.9. The molecule has 2 heterocycles. The standard InChI is InChI=1S/C16H28N4/c1-2-10-19-13-9-18-15(19)14(17)16(7-3-4-8-16)20-11-5-6-12-20/h9,13-14H,2-8,10-12,17H2,1H3. The van der Waals surface area contributed by atoms with Crippen molar-refractivity contribution in [3.05, 3.63) is 18.2 Å². The molecule has 0 aromatic carbocycles. The van der Waals surface area contributed by atoms with E-state index in [1.54, 1.807) is 0 Å². The summed E-state index contributed by atoms with van der Waals surface area (Å²) < 4.78 is 2.26. The Hall–Kier alpha value is -0.870. The van der Waals surface area contributed by atoms with Crippen LogP contribution in [0.5, 0.6) is 0 Å². The van der Waals surface area contributed by atoms with Gasteiger partial charge in [-0.3, -0.25) is 4.90 Å². The fourth-order valence-corrected chi connectivity index (χ4v) is 4.24. The molecule has 1 atom stereocenters. The second kappa shape index (κ2) is 5.86. The fraction of sp³-hybridized carbons (Fsp3) is 0.812. The first kappa shape index (κ1) is 14.1. The Bertz CT molecular complexity index is 427. The number of imidazole rings is 1. The van der Waals surface area contributed by atoms with E-state index >= 15 is 0 Å². The van der Waals surface area contributed by atoms with Crippen molar-refractivity contribution in [1.82, 2.24) is 14.5 Å². The number of aryl methyl sites for hydroxylation is 1. The van der Waals surface area contributed by atoms with Gasteiger partial charge in [0.2, 0.25) is 0 Å². The Morgan fingerprint density at radius 3 is 2.60 bits per heavy atom. The second-order valence-corrected chi connectivity index (χ2v) is 6.46. The molecule has 1 saturated heterocycles. The summed E-state index contributed by atoms with van der Waals surface area (Å²) in [5, 5.41) is 0. The highest BCUT2D eigenvalue weighted by Crippen LogP contribution is 2.44. The van der Waals surface area contributed by atoms with E-state index in [4.69, 9.17) is 5.73 Å².